The van der Waals surface area contributed by atoms with Gasteiger partial charge in [0, 0.05) is 11.1 Å². The molecule has 0 saturated carbocycles. The molecule has 130 valence electrons. The Morgan fingerprint density at radius 1 is 1.24 bits per heavy atom. The Kier molecular flexibility index (Phi) is 5.18. The Morgan fingerprint density at radius 2 is 2.00 bits per heavy atom. The van der Waals surface area contributed by atoms with Crippen LogP contribution in [0.5, 0.6) is 17.2 Å². The average Bonchev–Trinajstić information content (AvgIpc) is 2.67. The highest BCUT2D eigenvalue weighted by Gasteiger charge is 2.17. The first-order valence-electron chi connectivity index (χ1n) is 8.11. The van der Waals surface area contributed by atoms with Gasteiger partial charge in [-0.1, -0.05) is 19.1 Å². The molecule has 0 aromatic heterocycles. The summed E-state index contributed by atoms with van der Waals surface area (Å²) in [7, 11) is 1.57. The van der Waals surface area contributed by atoms with Gasteiger partial charge in [-0.05, 0) is 36.2 Å². The average molecular weight is 340 g/mol. The molecule has 6 nitrogen and oxygen atoms in total. The normalized spacial score (nSPS) is 12.9. The van der Waals surface area contributed by atoms with Crippen molar-refractivity contribution in [3.05, 3.63) is 53.1 Å². The van der Waals surface area contributed by atoms with Gasteiger partial charge >= 0.3 is 0 Å². The van der Waals surface area contributed by atoms with Crippen molar-refractivity contribution in [1.82, 2.24) is 5.43 Å². The standard InChI is InChI=1S/C19H20N2O4/c1-3-13-4-6-15(7-5-13)19(22)21-20-12-14-10-16(23-2)18-17(11-14)24-8-9-25-18/h4-7,10-12H,3,8-9H2,1-2H3,(H,21,22)/b20-12-. The topological polar surface area (TPSA) is 69.2 Å². The van der Waals surface area contributed by atoms with Gasteiger partial charge in [-0.15, -0.1) is 0 Å². The number of hydrogen-bond acceptors (Lipinski definition) is 5. The molecule has 0 aliphatic carbocycles. The Balaban J connectivity index is 1.70. The molecule has 0 unspecified atom stereocenters. The molecule has 1 aliphatic rings. The molecule has 1 aliphatic heterocycles. The molecule has 0 fully saturated rings. The molecule has 1 heterocycles. The summed E-state index contributed by atoms with van der Waals surface area (Å²) in [6.45, 7) is 3.05. The van der Waals surface area contributed by atoms with Crippen LogP contribution >= 0.6 is 0 Å². The number of ether oxygens (including phenoxy) is 3. The summed E-state index contributed by atoms with van der Waals surface area (Å²) in [4.78, 5) is 12.1. The number of benzene rings is 2. The molecule has 2 aromatic rings. The van der Waals surface area contributed by atoms with Crippen LogP contribution in [0, 0.1) is 0 Å². The number of carbonyl (C=O) groups excluding carboxylic acids is 1. The Morgan fingerprint density at radius 3 is 2.72 bits per heavy atom. The van der Waals surface area contributed by atoms with Gasteiger partial charge in [-0.25, -0.2) is 5.43 Å². The number of aryl methyl sites for hydroxylation is 1. The molecule has 0 bridgehead atoms. The number of rotatable bonds is 5. The lowest BCUT2D eigenvalue weighted by Crippen LogP contribution is -2.18. The van der Waals surface area contributed by atoms with E-state index >= 15 is 0 Å². The van der Waals surface area contributed by atoms with Crippen molar-refractivity contribution in [2.45, 2.75) is 13.3 Å². The number of nitrogens with one attached hydrogen (secondary N) is 1. The van der Waals surface area contributed by atoms with Gasteiger partial charge in [0.05, 0.1) is 13.3 Å². The number of fused-ring (bicyclic) bond motifs is 1. The summed E-state index contributed by atoms with van der Waals surface area (Å²) in [6, 6.07) is 11.0. The minimum absolute atomic E-state index is 0.261. The minimum Gasteiger partial charge on any atom is -0.493 e. The van der Waals surface area contributed by atoms with E-state index in [1.54, 1.807) is 37.6 Å². The van der Waals surface area contributed by atoms with Gasteiger partial charge in [0.25, 0.3) is 5.91 Å². The maximum Gasteiger partial charge on any atom is 0.271 e. The maximum atomic E-state index is 12.1. The smallest absolute Gasteiger partial charge is 0.271 e. The summed E-state index contributed by atoms with van der Waals surface area (Å²) in [5, 5.41) is 4.01. The molecule has 0 atom stereocenters. The van der Waals surface area contributed by atoms with Gasteiger partial charge < -0.3 is 14.2 Å². The van der Waals surface area contributed by atoms with Crippen LogP contribution in [0.1, 0.15) is 28.4 Å². The fraction of sp³-hybridized carbons (Fsp3) is 0.263. The fourth-order valence-corrected chi connectivity index (χ4v) is 2.49. The second kappa shape index (κ2) is 7.70. The third-order valence-corrected chi connectivity index (χ3v) is 3.85. The van der Waals surface area contributed by atoms with E-state index in [9.17, 15) is 4.79 Å². The van der Waals surface area contributed by atoms with Gasteiger partial charge in [0.15, 0.2) is 11.5 Å². The summed E-state index contributed by atoms with van der Waals surface area (Å²) >= 11 is 0. The van der Waals surface area contributed by atoms with Crippen LogP contribution < -0.4 is 19.6 Å². The number of amides is 1. The highest BCUT2D eigenvalue weighted by atomic mass is 16.6. The van der Waals surface area contributed by atoms with E-state index in [1.165, 1.54) is 5.56 Å². The molecule has 0 saturated heterocycles. The van der Waals surface area contributed by atoms with Crippen molar-refractivity contribution in [2.75, 3.05) is 20.3 Å². The SMILES string of the molecule is CCc1ccc(C(=O)N/N=C\c2cc(OC)c3c(c2)OCCO3)cc1. The zero-order valence-electron chi connectivity index (χ0n) is 14.2. The van der Waals surface area contributed by atoms with E-state index in [4.69, 9.17) is 14.2 Å². The third-order valence-electron chi connectivity index (χ3n) is 3.85. The van der Waals surface area contributed by atoms with Crippen molar-refractivity contribution in [3.63, 3.8) is 0 Å². The molecule has 25 heavy (non-hydrogen) atoms. The lowest BCUT2D eigenvalue weighted by molar-refractivity contribution is 0.0955. The highest BCUT2D eigenvalue weighted by molar-refractivity contribution is 5.95. The van der Waals surface area contributed by atoms with E-state index in [0.717, 1.165) is 12.0 Å². The molecular formula is C19H20N2O4. The predicted molar refractivity (Wildman–Crippen MR) is 94.9 cm³/mol. The zero-order chi connectivity index (χ0) is 17.6. The zero-order valence-corrected chi connectivity index (χ0v) is 14.2. The van der Waals surface area contributed by atoms with Crippen LogP contribution in [0.2, 0.25) is 0 Å². The van der Waals surface area contributed by atoms with Crippen LogP contribution in [-0.2, 0) is 6.42 Å². The number of nitrogens with zero attached hydrogens (tertiary/aromatic N) is 1. The Labute approximate surface area is 146 Å². The molecule has 1 amide bonds. The largest absolute Gasteiger partial charge is 0.493 e. The minimum atomic E-state index is -0.261. The maximum absolute atomic E-state index is 12.1. The molecule has 0 spiro atoms. The lowest BCUT2D eigenvalue weighted by Gasteiger charge is -2.20. The third kappa shape index (κ3) is 3.91. The Hall–Kier alpha value is -3.02. The van der Waals surface area contributed by atoms with Gasteiger partial charge in [0.1, 0.15) is 13.2 Å². The summed E-state index contributed by atoms with van der Waals surface area (Å²) in [5.41, 5.74) is 5.01. The van der Waals surface area contributed by atoms with Crippen LogP contribution in [0.25, 0.3) is 0 Å². The summed E-state index contributed by atoms with van der Waals surface area (Å²) < 4.78 is 16.4. The van der Waals surface area contributed by atoms with Gasteiger partial charge in [-0.3, -0.25) is 4.79 Å². The van der Waals surface area contributed by atoms with E-state index < -0.39 is 0 Å². The first kappa shape index (κ1) is 16.8. The summed E-state index contributed by atoms with van der Waals surface area (Å²) in [6.07, 6.45) is 2.48. The summed E-state index contributed by atoms with van der Waals surface area (Å²) in [5.74, 6) is 1.50. The molecule has 0 radical (unpaired) electrons. The second-order valence-electron chi connectivity index (χ2n) is 5.50. The first-order chi connectivity index (χ1) is 12.2. The van der Waals surface area contributed by atoms with Crippen LogP contribution in [-0.4, -0.2) is 32.4 Å². The van der Waals surface area contributed by atoms with Crippen LogP contribution in [0.4, 0.5) is 0 Å². The van der Waals surface area contributed by atoms with Crippen molar-refractivity contribution in [3.8, 4) is 17.2 Å². The van der Waals surface area contributed by atoms with E-state index in [-0.39, 0.29) is 5.91 Å². The van der Waals surface area contributed by atoms with Crippen LogP contribution in [0.15, 0.2) is 41.5 Å². The fourth-order valence-electron chi connectivity index (χ4n) is 2.49. The van der Waals surface area contributed by atoms with E-state index in [2.05, 4.69) is 17.5 Å². The van der Waals surface area contributed by atoms with Crippen molar-refractivity contribution in [2.24, 2.45) is 5.10 Å². The number of methoxy groups -OCH3 is 1. The monoisotopic (exact) mass is 340 g/mol. The van der Waals surface area contributed by atoms with E-state index in [0.29, 0.717) is 36.0 Å². The van der Waals surface area contributed by atoms with Crippen molar-refractivity contribution in [1.29, 1.82) is 0 Å². The predicted octanol–water partition coefficient (Wildman–Crippen LogP) is 2.79. The van der Waals surface area contributed by atoms with Crippen molar-refractivity contribution < 1.29 is 19.0 Å². The molecule has 3 rings (SSSR count). The number of hydrazone groups is 1. The molecule has 1 N–H and O–H groups in total. The number of hydrogen-bond donors (Lipinski definition) is 1. The molecule has 2 aromatic carbocycles. The van der Waals surface area contributed by atoms with Crippen molar-refractivity contribution >= 4 is 12.1 Å². The quantitative estimate of drug-likeness (QED) is 0.671. The van der Waals surface area contributed by atoms with Gasteiger partial charge in [-0.2, -0.15) is 5.10 Å². The van der Waals surface area contributed by atoms with Crippen LogP contribution in [0.3, 0.4) is 0 Å². The molecule has 6 heteroatoms. The second-order valence-corrected chi connectivity index (χ2v) is 5.50. The highest BCUT2D eigenvalue weighted by Crippen LogP contribution is 2.39. The lowest BCUT2D eigenvalue weighted by atomic mass is 10.1. The first-order valence-corrected chi connectivity index (χ1v) is 8.11. The molecular weight excluding hydrogens is 320 g/mol. The van der Waals surface area contributed by atoms with E-state index in [1.807, 2.05) is 12.1 Å². The Bertz CT molecular complexity index is 768. The number of carbonyl (C=O) groups is 1. The van der Waals surface area contributed by atoms with Gasteiger partial charge in [0.2, 0.25) is 5.75 Å².